The SMILES string of the molecule is CC(OCn1nc(/C=C/c2ccccc2)c2ccc(N(C)c3cccc(N)c3)cc21)[Si](C)(C)C. The molecule has 0 radical (unpaired) electrons. The van der Waals surface area contributed by atoms with E-state index in [4.69, 9.17) is 15.6 Å². The van der Waals surface area contributed by atoms with E-state index in [2.05, 4.69) is 87.1 Å². The molecule has 4 aromatic rings. The molecule has 1 atom stereocenters. The Hall–Kier alpha value is -3.35. The summed E-state index contributed by atoms with van der Waals surface area (Å²) < 4.78 is 8.26. The predicted molar refractivity (Wildman–Crippen MR) is 148 cm³/mol. The maximum Gasteiger partial charge on any atom is 0.139 e. The number of nitrogens with zero attached hydrogens (tertiary/aromatic N) is 3. The summed E-state index contributed by atoms with van der Waals surface area (Å²) >= 11 is 0. The van der Waals surface area contributed by atoms with E-state index >= 15 is 0 Å². The van der Waals surface area contributed by atoms with Gasteiger partial charge in [0.05, 0.1) is 19.3 Å². The third-order valence-electron chi connectivity index (χ3n) is 6.31. The molecule has 0 saturated carbocycles. The Balaban J connectivity index is 1.72. The number of nitrogens with two attached hydrogens (primary N) is 1. The van der Waals surface area contributed by atoms with Crippen LogP contribution in [0.3, 0.4) is 0 Å². The third kappa shape index (κ3) is 5.41. The number of anilines is 3. The van der Waals surface area contributed by atoms with Crippen molar-refractivity contribution in [1.82, 2.24) is 9.78 Å². The summed E-state index contributed by atoms with van der Waals surface area (Å²) in [6, 6.07) is 24.7. The molecule has 0 amide bonds. The van der Waals surface area contributed by atoms with E-state index in [-0.39, 0.29) is 5.73 Å². The highest BCUT2D eigenvalue weighted by molar-refractivity contribution is 6.77. The number of fused-ring (bicyclic) bond motifs is 1. The zero-order valence-corrected chi connectivity index (χ0v) is 21.7. The molecule has 0 aliphatic heterocycles. The Morgan fingerprint density at radius 1 is 0.971 bits per heavy atom. The quantitative estimate of drug-likeness (QED) is 0.227. The van der Waals surface area contributed by atoms with E-state index < -0.39 is 8.07 Å². The number of nitrogen functional groups attached to an aromatic ring is 1. The lowest BCUT2D eigenvalue weighted by atomic mass is 10.1. The lowest BCUT2D eigenvalue weighted by Crippen LogP contribution is -2.38. The van der Waals surface area contributed by atoms with Gasteiger partial charge in [-0.2, -0.15) is 5.10 Å². The van der Waals surface area contributed by atoms with Crippen LogP contribution >= 0.6 is 0 Å². The number of benzene rings is 3. The number of aromatic nitrogens is 2. The van der Waals surface area contributed by atoms with E-state index in [1.807, 2.05) is 41.1 Å². The summed E-state index contributed by atoms with van der Waals surface area (Å²) in [6.45, 7) is 9.57. The molecule has 5 nitrogen and oxygen atoms in total. The van der Waals surface area contributed by atoms with Gasteiger partial charge in [0, 0.05) is 35.2 Å². The van der Waals surface area contributed by atoms with Gasteiger partial charge >= 0.3 is 0 Å². The number of rotatable bonds is 8. The highest BCUT2D eigenvalue weighted by Crippen LogP contribution is 2.30. The summed E-state index contributed by atoms with van der Waals surface area (Å²) in [4.78, 5) is 2.14. The third-order valence-corrected chi connectivity index (χ3v) is 8.91. The fraction of sp³-hybridized carbons (Fsp3) is 0.250. The average Bonchev–Trinajstić information content (AvgIpc) is 3.17. The molecule has 0 saturated heterocycles. The van der Waals surface area contributed by atoms with E-state index in [1.54, 1.807) is 0 Å². The van der Waals surface area contributed by atoms with Gasteiger partial charge in [-0.1, -0.05) is 62.1 Å². The van der Waals surface area contributed by atoms with Gasteiger partial charge in [0.1, 0.15) is 6.73 Å². The maximum absolute atomic E-state index is 6.29. The lowest BCUT2D eigenvalue weighted by molar-refractivity contribution is 0.0518. The molecule has 0 fully saturated rings. The van der Waals surface area contributed by atoms with Gasteiger partial charge in [-0.15, -0.1) is 0 Å². The highest BCUT2D eigenvalue weighted by Gasteiger charge is 2.23. The molecule has 1 aromatic heterocycles. The molecule has 0 aliphatic rings. The van der Waals surface area contributed by atoms with Crippen molar-refractivity contribution >= 4 is 48.2 Å². The number of ether oxygens (including phenoxy) is 1. The highest BCUT2D eigenvalue weighted by atomic mass is 28.3. The van der Waals surface area contributed by atoms with Crippen LogP contribution in [-0.2, 0) is 11.5 Å². The summed E-state index contributed by atoms with van der Waals surface area (Å²) in [6.07, 6.45) is 4.18. The van der Waals surface area contributed by atoms with Crippen LogP contribution in [0.25, 0.3) is 23.1 Å². The fourth-order valence-corrected chi connectivity index (χ4v) is 4.25. The van der Waals surface area contributed by atoms with Crippen molar-refractivity contribution in [1.29, 1.82) is 0 Å². The van der Waals surface area contributed by atoms with Crippen LogP contribution in [0.2, 0.25) is 19.6 Å². The van der Waals surface area contributed by atoms with Crippen molar-refractivity contribution < 1.29 is 4.74 Å². The molecule has 4 rings (SSSR count). The van der Waals surface area contributed by atoms with Gasteiger partial charge < -0.3 is 15.4 Å². The Morgan fingerprint density at radius 2 is 1.71 bits per heavy atom. The molecule has 6 heteroatoms. The first-order chi connectivity index (χ1) is 16.2. The monoisotopic (exact) mass is 470 g/mol. The van der Waals surface area contributed by atoms with Crippen molar-refractivity contribution in [3.63, 3.8) is 0 Å². The Kier molecular flexibility index (Phi) is 6.91. The minimum Gasteiger partial charge on any atom is -0.399 e. The van der Waals surface area contributed by atoms with Crippen LogP contribution in [0.1, 0.15) is 18.2 Å². The summed E-state index contributed by atoms with van der Waals surface area (Å²) in [7, 11) is 0.642. The fourth-order valence-electron chi connectivity index (χ4n) is 3.67. The summed E-state index contributed by atoms with van der Waals surface area (Å²) in [5.74, 6) is 0. The van der Waals surface area contributed by atoms with Crippen LogP contribution < -0.4 is 10.6 Å². The molecular weight excluding hydrogens is 436 g/mol. The summed E-state index contributed by atoms with van der Waals surface area (Å²) in [5.41, 5.74) is 12.2. The normalized spacial score (nSPS) is 13.0. The minimum absolute atomic E-state index is 0.230. The Bertz CT molecular complexity index is 1290. The predicted octanol–water partition coefficient (Wildman–Crippen LogP) is 6.80. The zero-order valence-electron chi connectivity index (χ0n) is 20.7. The van der Waals surface area contributed by atoms with E-state index in [1.165, 1.54) is 0 Å². The van der Waals surface area contributed by atoms with E-state index in [0.717, 1.165) is 39.2 Å². The number of hydrogen-bond acceptors (Lipinski definition) is 4. The Morgan fingerprint density at radius 3 is 2.41 bits per heavy atom. The average molecular weight is 471 g/mol. The van der Waals surface area contributed by atoms with Gasteiger partial charge in [-0.3, -0.25) is 0 Å². The van der Waals surface area contributed by atoms with Gasteiger partial charge in [-0.25, -0.2) is 4.68 Å². The Labute approximate surface area is 203 Å². The van der Waals surface area contributed by atoms with Crippen molar-refractivity contribution in [2.45, 2.75) is 39.0 Å². The molecular formula is C28H34N4OSi. The second kappa shape index (κ2) is 9.87. The van der Waals surface area contributed by atoms with Crippen molar-refractivity contribution in [2.24, 2.45) is 0 Å². The summed E-state index contributed by atoms with van der Waals surface area (Å²) in [5, 5.41) is 6.03. The molecule has 3 aromatic carbocycles. The standard InChI is InChI=1S/C28H34N4OSi/c1-21(34(3,4)5)33-20-32-28-19-25(31(2)24-13-9-12-23(29)18-24)15-16-26(28)27(30-32)17-14-22-10-7-6-8-11-22/h6-19,21H,20,29H2,1-5H3/b17-14+. The molecule has 34 heavy (non-hydrogen) atoms. The molecule has 2 N–H and O–H groups in total. The first-order valence-electron chi connectivity index (χ1n) is 11.7. The lowest BCUT2D eigenvalue weighted by Gasteiger charge is -2.25. The van der Waals surface area contributed by atoms with Gasteiger partial charge in [0.25, 0.3) is 0 Å². The van der Waals surface area contributed by atoms with Gasteiger partial charge in [0.15, 0.2) is 0 Å². The van der Waals surface area contributed by atoms with Crippen molar-refractivity contribution in [3.8, 4) is 0 Å². The molecule has 0 aliphatic carbocycles. The maximum atomic E-state index is 6.29. The molecule has 0 spiro atoms. The first kappa shape index (κ1) is 23.8. The van der Waals surface area contributed by atoms with Crippen LogP contribution in [0, 0.1) is 0 Å². The largest absolute Gasteiger partial charge is 0.399 e. The van der Waals surface area contributed by atoms with Crippen LogP contribution in [-0.4, -0.2) is 30.6 Å². The van der Waals surface area contributed by atoms with E-state index in [0.29, 0.717) is 6.73 Å². The molecule has 0 bridgehead atoms. The van der Waals surface area contributed by atoms with Crippen LogP contribution in [0.5, 0.6) is 0 Å². The van der Waals surface area contributed by atoms with Crippen LogP contribution in [0.15, 0.2) is 72.8 Å². The molecule has 1 heterocycles. The zero-order chi connectivity index (χ0) is 24.3. The second-order valence-corrected chi connectivity index (χ2v) is 15.3. The van der Waals surface area contributed by atoms with Gasteiger partial charge in [-0.05, 0) is 55.0 Å². The van der Waals surface area contributed by atoms with Crippen molar-refractivity contribution in [3.05, 3.63) is 84.1 Å². The smallest absolute Gasteiger partial charge is 0.139 e. The second-order valence-electron chi connectivity index (χ2n) is 9.79. The number of hydrogen-bond donors (Lipinski definition) is 1. The topological polar surface area (TPSA) is 56.3 Å². The molecule has 1 unspecified atom stereocenters. The minimum atomic E-state index is -1.41. The van der Waals surface area contributed by atoms with Crippen molar-refractivity contribution in [2.75, 3.05) is 17.7 Å². The van der Waals surface area contributed by atoms with Crippen LogP contribution in [0.4, 0.5) is 17.1 Å². The first-order valence-corrected chi connectivity index (χ1v) is 15.2. The molecule has 176 valence electrons. The van der Waals surface area contributed by atoms with E-state index in [9.17, 15) is 0 Å². The van der Waals surface area contributed by atoms with Gasteiger partial charge in [0.2, 0.25) is 0 Å².